The zero-order valence-electron chi connectivity index (χ0n) is 12.8. The van der Waals surface area contributed by atoms with Gasteiger partial charge in [0.05, 0.1) is 5.56 Å². The lowest BCUT2D eigenvalue weighted by Gasteiger charge is -2.00. The fraction of sp³-hybridized carbons (Fsp3) is 0.105. The number of phenols is 1. The summed E-state index contributed by atoms with van der Waals surface area (Å²) in [6.07, 6.45) is 3.06. The Morgan fingerprint density at radius 1 is 1.17 bits per heavy atom. The first-order valence-corrected chi connectivity index (χ1v) is 7.95. The number of hydrogen-bond donors (Lipinski definition) is 1. The second kappa shape index (κ2) is 6.05. The van der Waals surface area contributed by atoms with Crippen LogP contribution in [0.5, 0.6) is 5.75 Å². The minimum atomic E-state index is -0.278. The van der Waals surface area contributed by atoms with E-state index in [0.29, 0.717) is 5.76 Å². The summed E-state index contributed by atoms with van der Waals surface area (Å²) in [5.41, 5.74) is 3.17. The highest BCUT2D eigenvalue weighted by Crippen LogP contribution is 2.28. The summed E-state index contributed by atoms with van der Waals surface area (Å²) >= 11 is 3.30. The molecule has 23 heavy (non-hydrogen) atoms. The van der Waals surface area contributed by atoms with E-state index < -0.39 is 0 Å². The number of aryl methyl sites for hydroxylation is 2. The molecule has 116 valence electrons. The Morgan fingerprint density at radius 2 is 1.96 bits per heavy atom. The van der Waals surface area contributed by atoms with Crippen molar-refractivity contribution in [1.29, 1.82) is 0 Å². The van der Waals surface area contributed by atoms with E-state index in [1.165, 1.54) is 12.1 Å². The number of furan rings is 1. The predicted molar refractivity (Wildman–Crippen MR) is 94.9 cm³/mol. The number of phenolic OH excluding ortho intramolecular Hbond substituents is 1. The molecule has 0 bridgehead atoms. The Balaban J connectivity index is 1.95. The zero-order chi connectivity index (χ0) is 16.6. The van der Waals surface area contributed by atoms with Crippen molar-refractivity contribution in [3.05, 3.63) is 69.4 Å². The first kappa shape index (κ1) is 15.6. The highest BCUT2D eigenvalue weighted by Gasteiger charge is 2.11. The molecular weight excluding hydrogens is 356 g/mol. The molecule has 3 rings (SSSR count). The number of aromatic hydroxyl groups is 1. The van der Waals surface area contributed by atoms with Crippen LogP contribution < -0.4 is 0 Å². The smallest absolute Gasteiger partial charge is 0.189 e. The third-order valence-electron chi connectivity index (χ3n) is 3.74. The van der Waals surface area contributed by atoms with E-state index in [2.05, 4.69) is 15.9 Å². The largest absolute Gasteiger partial charge is 0.507 e. The Hall–Kier alpha value is -2.33. The van der Waals surface area contributed by atoms with Crippen molar-refractivity contribution in [1.82, 2.24) is 0 Å². The highest BCUT2D eigenvalue weighted by molar-refractivity contribution is 9.10. The summed E-state index contributed by atoms with van der Waals surface area (Å²) in [5, 5.41) is 10.8. The van der Waals surface area contributed by atoms with Gasteiger partial charge in [0.1, 0.15) is 17.1 Å². The number of benzene rings is 2. The number of hydrogen-bond acceptors (Lipinski definition) is 3. The molecular formula is C19H15BrO3. The van der Waals surface area contributed by atoms with E-state index in [1.54, 1.807) is 18.2 Å². The number of halogens is 1. The molecule has 1 N–H and O–H groups in total. The van der Waals surface area contributed by atoms with Crippen LogP contribution in [0.25, 0.3) is 17.0 Å². The molecule has 3 nitrogen and oxygen atoms in total. The van der Waals surface area contributed by atoms with Gasteiger partial charge in [-0.25, -0.2) is 0 Å². The summed E-state index contributed by atoms with van der Waals surface area (Å²) < 4.78 is 6.55. The van der Waals surface area contributed by atoms with Gasteiger partial charge in [-0.15, -0.1) is 0 Å². The lowest BCUT2D eigenvalue weighted by molar-refractivity contribution is 0.104. The second-order valence-corrected chi connectivity index (χ2v) is 6.37. The Kier molecular flexibility index (Phi) is 4.09. The first-order chi connectivity index (χ1) is 11.0. The molecule has 0 aliphatic carbocycles. The SMILES string of the molecule is Cc1ccc2c(C)c(/C=C/C(=O)c3cc(Br)ccc3O)oc2c1. The minimum absolute atomic E-state index is 0.0418. The maximum atomic E-state index is 12.3. The molecule has 0 aliphatic rings. The van der Waals surface area contributed by atoms with Crippen molar-refractivity contribution in [2.45, 2.75) is 13.8 Å². The van der Waals surface area contributed by atoms with Crippen molar-refractivity contribution in [2.24, 2.45) is 0 Å². The van der Waals surface area contributed by atoms with Crippen LogP contribution in [0.4, 0.5) is 0 Å². The van der Waals surface area contributed by atoms with Gasteiger partial charge >= 0.3 is 0 Å². The minimum Gasteiger partial charge on any atom is -0.507 e. The molecule has 1 heterocycles. The lowest BCUT2D eigenvalue weighted by Crippen LogP contribution is -1.94. The Bertz CT molecular complexity index is 935. The number of allylic oxidation sites excluding steroid dienone is 1. The number of rotatable bonds is 3. The topological polar surface area (TPSA) is 50.4 Å². The van der Waals surface area contributed by atoms with Crippen molar-refractivity contribution in [3.63, 3.8) is 0 Å². The van der Waals surface area contributed by atoms with E-state index in [4.69, 9.17) is 4.42 Å². The van der Waals surface area contributed by atoms with Crippen LogP contribution in [0.2, 0.25) is 0 Å². The fourth-order valence-corrected chi connectivity index (χ4v) is 2.82. The molecule has 0 aliphatic heterocycles. The van der Waals surface area contributed by atoms with E-state index in [9.17, 15) is 9.90 Å². The van der Waals surface area contributed by atoms with Gasteiger partial charge in [-0.2, -0.15) is 0 Å². The van der Waals surface area contributed by atoms with E-state index >= 15 is 0 Å². The van der Waals surface area contributed by atoms with Crippen LogP contribution in [-0.2, 0) is 0 Å². The zero-order valence-corrected chi connectivity index (χ0v) is 14.3. The molecule has 0 unspecified atom stereocenters. The molecule has 1 aromatic heterocycles. The van der Waals surface area contributed by atoms with E-state index in [-0.39, 0.29) is 17.1 Å². The van der Waals surface area contributed by atoms with Gasteiger partial charge < -0.3 is 9.52 Å². The van der Waals surface area contributed by atoms with Crippen LogP contribution >= 0.6 is 15.9 Å². The molecule has 4 heteroatoms. The normalized spacial score (nSPS) is 11.4. The lowest BCUT2D eigenvalue weighted by atomic mass is 10.1. The molecule has 0 spiro atoms. The maximum absolute atomic E-state index is 12.3. The molecule has 0 fully saturated rings. The first-order valence-electron chi connectivity index (χ1n) is 7.16. The van der Waals surface area contributed by atoms with E-state index in [0.717, 1.165) is 26.6 Å². The molecule has 0 saturated heterocycles. The molecule has 0 saturated carbocycles. The highest BCUT2D eigenvalue weighted by atomic mass is 79.9. The Morgan fingerprint density at radius 3 is 2.74 bits per heavy atom. The van der Waals surface area contributed by atoms with Gasteiger partial charge in [0, 0.05) is 15.4 Å². The third kappa shape index (κ3) is 3.08. The summed E-state index contributed by atoms with van der Waals surface area (Å²) in [4.78, 5) is 12.3. The van der Waals surface area contributed by atoms with Crippen LogP contribution in [0, 0.1) is 13.8 Å². The molecule has 0 radical (unpaired) electrons. The molecule has 2 aromatic carbocycles. The molecule has 0 amide bonds. The fourth-order valence-electron chi connectivity index (χ4n) is 2.46. The average Bonchev–Trinajstić information content (AvgIpc) is 2.83. The quantitative estimate of drug-likeness (QED) is 0.495. The summed E-state index contributed by atoms with van der Waals surface area (Å²) in [6.45, 7) is 3.97. The monoisotopic (exact) mass is 370 g/mol. The average molecular weight is 371 g/mol. The second-order valence-electron chi connectivity index (χ2n) is 5.45. The molecule has 0 atom stereocenters. The number of ketones is 1. The summed E-state index contributed by atoms with van der Waals surface area (Å²) in [6, 6.07) is 10.8. The third-order valence-corrected chi connectivity index (χ3v) is 4.23. The van der Waals surface area contributed by atoms with E-state index in [1.807, 2.05) is 32.0 Å². The van der Waals surface area contributed by atoms with Crippen molar-refractivity contribution < 1.29 is 14.3 Å². The van der Waals surface area contributed by atoms with Gasteiger partial charge in [0.15, 0.2) is 5.78 Å². The van der Waals surface area contributed by atoms with Gasteiger partial charge in [-0.3, -0.25) is 4.79 Å². The predicted octanol–water partition coefficient (Wildman–Crippen LogP) is 5.41. The van der Waals surface area contributed by atoms with Gasteiger partial charge in [-0.1, -0.05) is 28.1 Å². The van der Waals surface area contributed by atoms with Crippen molar-refractivity contribution >= 4 is 38.8 Å². The summed E-state index contributed by atoms with van der Waals surface area (Å²) in [5.74, 6) is 0.327. The van der Waals surface area contributed by atoms with Gasteiger partial charge in [0.25, 0.3) is 0 Å². The van der Waals surface area contributed by atoms with Crippen LogP contribution in [-0.4, -0.2) is 10.9 Å². The Labute approximate surface area is 142 Å². The van der Waals surface area contributed by atoms with Crippen LogP contribution in [0.3, 0.4) is 0 Å². The van der Waals surface area contributed by atoms with Crippen molar-refractivity contribution in [2.75, 3.05) is 0 Å². The number of fused-ring (bicyclic) bond motifs is 1. The van der Waals surface area contributed by atoms with Crippen molar-refractivity contribution in [3.8, 4) is 5.75 Å². The van der Waals surface area contributed by atoms with Crippen LogP contribution in [0.1, 0.15) is 27.2 Å². The number of carbonyl (C=O) groups excluding carboxylic acids is 1. The standard InChI is InChI=1S/C19H15BrO3/c1-11-3-5-14-12(2)18(23-19(14)9-11)8-7-17(22)15-10-13(20)4-6-16(15)21/h3-10,21H,1-2H3/b8-7+. The van der Waals surface area contributed by atoms with Gasteiger partial charge in [-0.05, 0) is 55.8 Å². The maximum Gasteiger partial charge on any atom is 0.189 e. The van der Waals surface area contributed by atoms with Gasteiger partial charge in [0.2, 0.25) is 0 Å². The number of carbonyl (C=O) groups is 1. The summed E-state index contributed by atoms with van der Waals surface area (Å²) in [7, 11) is 0. The van der Waals surface area contributed by atoms with Crippen LogP contribution in [0.15, 0.2) is 51.4 Å². The molecule has 3 aromatic rings.